The molecule has 1 fully saturated rings. The molecule has 4 amide bonds. The van der Waals surface area contributed by atoms with Gasteiger partial charge in [-0.05, 0) is 24.6 Å². The van der Waals surface area contributed by atoms with Crippen molar-refractivity contribution < 1.29 is 27.9 Å². The van der Waals surface area contributed by atoms with Crippen LogP contribution in [-0.4, -0.2) is 42.4 Å². The van der Waals surface area contributed by atoms with Crippen LogP contribution in [0.4, 0.5) is 13.6 Å². The summed E-state index contributed by atoms with van der Waals surface area (Å²) < 4.78 is 28.6. The van der Waals surface area contributed by atoms with Gasteiger partial charge in [0.1, 0.15) is 17.8 Å². The zero-order valence-corrected chi connectivity index (χ0v) is 13.2. The van der Waals surface area contributed by atoms with Crippen LogP contribution in [0.15, 0.2) is 24.3 Å². The van der Waals surface area contributed by atoms with E-state index < -0.39 is 36.5 Å². The van der Waals surface area contributed by atoms with Gasteiger partial charge < -0.3 is 15.4 Å². The molecule has 2 rings (SSSR count). The molecule has 1 aromatic carbocycles. The fourth-order valence-electron chi connectivity index (χ4n) is 2.36. The summed E-state index contributed by atoms with van der Waals surface area (Å²) >= 11 is 0. The zero-order valence-electron chi connectivity index (χ0n) is 13.2. The van der Waals surface area contributed by atoms with E-state index in [0.29, 0.717) is 5.56 Å². The van der Waals surface area contributed by atoms with E-state index in [4.69, 9.17) is 6.42 Å². The number of urea groups is 1. The number of nitrogens with zero attached hydrogens (tertiary/aromatic N) is 1. The van der Waals surface area contributed by atoms with Gasteiger partial charge in [0.25, 0.3) is 5.91 Å². The first-order valence-electron chi connectivity index (χ1n) is 7.17. The van der Waals surface area contributed by atoms with Crippen molar-refractivity contribution in [1.82, 2.24) is 15.5 Å². The van der Waals surface area contributed by atoms with Crippen LogP contribution < -0.4 is 15.4 Å². The molecule has 1 heterocycles. The monoisotopic (exact) mass is 351 g/mol. The first kappa shape index (κ1) is 18.2. The maximum atomic E-state index is 12.6. The molecule has 0 radical (unpaired) electrons. The molecule has 2 N–H and O–H groups in total. The van der Waals surface area contributed by atoms with Crippen LogP contribution in [-0.2, 0) is 15.1 Å². The van der Waals surface area contributed by atoms with Gasteiger partial charge in [0.2, 0.25) is 5.91 Å². The number of amides is 4. The molecule has 0 bridgehead atoms. The minimum atomic E-state index is -2.97. The van der Waals surface area contributed by atoms with Gasteiger partial charge >= 0.3 is 12.6 Å². The Kier molecular flexibility index (Phi) is 5.22. The van der Waals surface area contributed by atoms with Gasteiger partial charge in [-0.2, -0.15) is 8.78 Å². The second-order valence-electron chi connectivity index (χ2n) is 5.33. The summed E-state index contributed by atoms with van der Waals surface area (Å²) in [6, 6.07) is 4.55. The first-order valence-corrected chi connectivity index (χ1v) is 7.17. The number of benzene rings is 1. The Morgan fingerprint density at radius 2 is 2.04 bits per heavy atom. The predicted octanol–water partition coefficient (Wildman–Crippen LogP) is 0.804. The van der Waals surface area contributed by atoms with Crippen LogP contribution in [0, 0.1) is 12.3 Å². The number of imide groups is 1. The average molecular weight is 351 g/mol. The topological polar surface area (TPSA) is 87.7 Å². The van der Waals surface area contributed by atoms with Crippen molar-refractivity contribution in [2.24, 2.45) is 0 Å². The maximum absolute atomic E-state index is 12.6. The Bertz CT molecular complexity index is 730. The third-order valence-electron chi connectivity index (χ3n) is 3.62. The van der Waals surface area contributed by atoms with Gasteiger partial charge in [-0.25, -0.2) is 4.79 Å². The van der Waals surface area contributed by atoms with Gasteiger partial charge in [-0.3, -0.25) is 14.5 Å². The summed E-state index contributed by atoms with van der Waals surface area (Å²) in [7, 11) is 0. The van der Waals surface area contributed by atoms with Crippen molar-refractivity contribution in [3.8, 4) is 18.1 Å². The van der Waals surface area contributed by atoms with E-state index in [2.05, 4.69) is 21.3 Å². The van der Waals surface area contributed by atoms with Crippen molar-refractivity contribution in [3.05, 3.63) is 29.8 Å². The molecule has 9 heteroatoms. The Morgan fingerprint density at radius 1 is 1.40 bits per heavy atom. The number of rotatable bonds is 6. The lowest BCUT2D eigenvalue weighted by Crippen LogP contribution is -2.43. The zero-order chi connectivity index (χ0) is 18.6. The molecule has 1 saturated heterocycles. The highest BCUT2D eigenvalue weighted by Gasteiger charge is 2.49. The average Bonchev–Trinajstić information content (AvgIpc) is 2.77. The molecule has 1 aliphatic rings. The number of alkyl halides is 2. The molecule has 7 nitrogen and oxygen atoms in total. The summed E-state index contributed by atoms with van der Waals surface area (Å²) in [5, 5.41) is 4.85. The first-order chi connectivity index (χ1) is 11.8. The van der Waals surface area contributed by atoms with Crippen molar-refractivity contribution >= 4 is 17.8 Å². The highest BCUT2D eigenvalue weighted by molar-refractivity contribution is 6.09. The van der Waals surface area contributed by atoms with E-state index in [1.807, 2.05) is 0 Å². The largest absolute Gasteiger partial charge is 0.435 e. The summed E-state index contributed by atoms with van der Waals surface area (Å²) in [4.78, 5) is 37.1. The van der Waals surface area contributed by atoms with Crippen LogP contribution in [0.1, 0.15) is 12.5 Å². The predicted molar refractivity (Wildman–Crippen MR) is 82.5 cm³/mol. The molecule has 1 atom stereocenters. The summed E-state index contributed by atoms with van der Waals surface area (Å²) in [6.07, 6.45) is 5.02. The van der Waals surface area contributed by atoms with Crippen LogP contribution in [0.3, 0.4) is 0 Å². The van der Waals surface area contributed by atoms with E-state index >= 15 is 0 Å². The lowest BCUT2D eigenvalue weighted by atomic mass is 9.92. The molecule has 1 aromatic rings. The third-order valence-corrected chi connectivity index (χ3v) is 3.62. The Hall–Kier alpha value is -3.15. The van der Waals surface area contributed by atoms with E-state index in [9.17, 15) is 23.2 Å². The van der Waals surface area contributed by atoms with Gasteiger partial charge in [0.15, 0.2) is 0 Å². The molecule has 132 valence electrons. The summed E-state index contributed by atoms with van der Waals surface area (Å²) in [5.41, 5.74) is -1.06. The smallest absolute Gasteiger partial charge is 0.387 e. The van der Waals surface area contributed by atoms with E-state index in [0.717, 1.165) is 4.90 Å². The fourth-order valence-corrected chi connectivity index (χ4v) is 2.36. The van der Waals surface area contributed by atoms with Gasteiger partial charge in [-0.15, -0.1) is 6.42 Å². The number of carbonyl (C=O) groups excluding carboxylic acids is 3. The molecule has 0 unspecified atom stereocenters. The quantitative estimate of drug-likeness (QED) is 0.586. The van der Waals surface area contributed by atoms with Crippen molar-refractivity contribution in [1.29, 1.82) is 0 Å². The van der Waals surface area contributed by atoms with Gasteiger partial charge in [0.05, 0.1) is 6.54 Å². The second-order valence-corrected chi connectivity index (χ2v) is 5.33. The Labute approximate surface area is 142 Å². The van der Waals surface area contributed by atoms with E-state index in [1.165, 1.54) is 31.2 Å². The van der Waals surface area contributed by atoms with Gasteiger partial charge in [-0.1, -0.05) is 18.1 Å². The summed E-state index contributed by atoms with van der Waals surface area (Å²) in [6.45, 7) is -2.01. The van der Waals surface area contributed by atoms with Crippen molar-refractivity contribution in [3.63, 3.8) is 0 Å². The third kappa shape index (κ3) is 3.85. The molecular weight excluding hydrogens is 336 g/mol. The number of carbonyl (C=O) groups is 3. The van der Waals surface area contributed by atoms with E-state index in [-0.39, 0.29) is 12.3 Å². The highest BCUT2D eigenvalue weighted by Crippen LogP contribution is 2.30. The molecule has 1 aliphatic heterocycles. The van der Waals surface area contributed by atoms with Crippen LogP contribution in [0.5, 0.6) is 5.75 Å². The van der Waals surface area contributed by atoms with Crippen LogP contribution in [0.25, 0.3) is 0 Å². The second kappa shape index (κ2) is 7.17. The molecule has 0 aliphatic carbocycles. The molecule has 0 aromatic heterocycles. The minimum Gasteiger partial charge on any atom is -0.435 e. The molecular formula is C16H15F2N3O4. The Morgan fingerprint density at radius 3 is 2.60 bits per heavy atom. The SMILES string of the molecule is C#CCNC(=O)CN1C(=O)N[C@](C)(c2ccc(OC(F)F)cc2)C1=O. The standard InChI is InChI=1S/C16H15F2N3O4/c1-3-8-19-12(22)9-21-13(23)16(2,20-15(21)24)10-4-6-11(7-5-10)25-14(17)18/h1,4-7,14H,8-9H2,2H3,(H,19,22)(H,20,24)/t16-/m1/s1. The van der Waals surface area contributed by atoms with Crippen molar-refractivity contribution in [2.45, 2.75) is 19.1 Å². The van der Waals surface area contributed by atoms with Crippen LogP contribution in [0.2, 0.25) is 0 Å². The molecule has 25 heavy (non-hydrogen) atoms. The molecule has 0 spiro atoms. The lowest BCUT2D eigenvalue weighted by Gasteiger charge is -2.22. The summed E-state index contributed by atoms with van der Waals surface area (Å²) in [5.74, 6) is 0.906. The lowest BCUT2D eigenvalue weighted by molar-refractivity contribution is -0.134. The fraction of sp³-hybridized carbons (Fsp3) is 0.312. The number of hydrogen-bond acceptors (Lipinski definition) is 4. The highest BCUT2D eigenvalue weighted by atomic mass is 19.3. The van der Waals surface area contributed by atoms with E-state index in [1.54, 1.807) is 0 Å². The van der Waals surface area contributed by atoms with Crippen molar-refractivity contribution in [2.75, 3.05) is 13.1 Å². The molecule has 0 saturated carbocycles. The van der Waals surface area contributed by atoms with Crippen LogP contribution >= 0.6 is 0 Å². The minimum absolute atomic E-state index is 0.0225. The van der Waals surface area contributed by atoms with Gasteiger partial charge in [0, 0.05) is 0 Å². The number of halogens is 2. The number of terminal acetylenes is 1. The number of hydrogen-bond donors (Lipinski definition) is 2. The number of ether oxygens (including phenoxy) is 1. The Balaban J connectivity index is 2.16. The normalized spacial score (nSPS) is 19.6. The number of nitrogens with one attached hydrogen (secondary N) is 2. The maximum Gasteiger partial charge on any atom is 0.387 e.